The van der Waals surface area contributed by atoms with Crippen LogP contribution in [0.5, 0.6) is 0 Å². The molecule has 3 saturated carbocycles. The van der Waals surface area contributed by atoms with E-state index in [1.807, 2.05) is 62.4 Å². The molecule has 5 aliphatic rings. The van der Waals surface area contributed by atoms with Gasteiger partial charge in [-0.05, 0) is 116 Å². The van der Waals surface area contributed by atoms with Crippen molar-refractivity contribution >= 4 is 35.1 Å². The fourth-order valence-corrected chi connectivity index (χ4v) is 9.68. The highest BCUT2D eigenvalue weighted by Gasteiger charge is 2.56. The van der Waals surface area contributed by atoms with Gasteiger partial charge in [0.2, 0.25) is 0 Å². The summed E-state index contributed by atoms with van der Waals surface area (Å²) in [5.41, 5.74) is 5.07. The van der Waals surface area contributed by atoms with Gasteiger partial charge in [0.05, 0.1) is 18.6 Å². The smallest absolute Gasteiger partial charge is 0.333 e. The predicted molar refractivity (Wildman–Crippen MR) is 235 cm³/mol. The van der Waals surface area contributed by atoms with Gasteiger partial charge < -0.3 is 10.6 Å². The number of benzene rings is 3. The first-order chi connectivity index (χ1) is 27.7. The molecule has 0 aromatic heterocycles. The van der Waals surface area contributed by atoms with Crippen LogP contribution in [0.4, 0.5) is 14.0 Å². The molecule has 10 heteroatoms. The minimum atomic E-state index is -0.521. The summed E-state index contributed by atoms with van der Waals surface area (Å²) in [5, 5.41) is 19.7. The second kappa shape index (κ2) is 18.8. The molecule has 2 bridgehead atoms. The van der Waals surface area contributed by atoms with Gasteiger partial charge in [0.25, 0.3) is 0 Å². The number of nitrogens with zero attached hydrogens (tertiary/aromatic N) is 4. The van der Waals surface area contributed by atoms with Crippen molar-refractivity contribution in [1.29, 1.82) is 0 Å². The Bertz CT molecular complexity index is 1930. The highest BCUT2D eigenvalue weighted by Crippen LogP contribution is 2.61. The lowest BCUT2D eigenvalue weighted by molar-refractivity contribution is -0.113. The monoisotopic (exact) mass is 810 g/mol. The summed E-state index contributed by atoms with van der Waals surface area (Å²) >= 11 is 6.07. The van der Waals surface area contributed by atoms with Crippen LogP contribution >= 0.6 is 11.6 Å². The third-order valence-electron chi connectivity index (χ3n) is 13.4. The number of amides is 4. The van der Waals surface area contributed by atoms with E-state index in [4.69, 9.17) is 16.7 Å². The molecule has 3 aromatic rings. The van der Waals surface area contributed by atoms with Gasteiger partial charge in [0.1, 0.15) is 5.82 Å². The van der Waals surface area contributed by atoms with E-state index < -0.39 is 5.54 Å². The zero-order valence-corrected chi connectivity index (χ0v) is 36.4. The number of unbranched alkanes of at least 4 members (excludes halogenated alkanes) is 3. The van der Waals surface area contributed by atoms with Crippen LogP contribution in [0.2, 0.25) is 5.02 Å². The zero-order valence-electron chi connectivity index (χ0n) is 35.6. The van der Waals surface area contributed by atoms with Gasteiger partial charge in [0, 0.05) is 34.3 Å². The fraction of sp³-hybridized carbons (Fsp3) is 0.542. The Morgan fingerprint density at radius 2 is 1.43 bits per heavy atom. The average Bonchev–Trinajstić information content (AvgIpc) is 3.84. The number of rotatable bonds is 12. The molecule has 3 aliphatic carbocycles. The van der Waals surface area contributed by atoms with E-state index in [-0.39, 0.29) is 35.8 Å². The standard InChI is InChI=1S/C24H34ClN3O.C24H30FN3O/c1-5-6-7-21-19(16-8-10-18(25)11-9-16)14-28(27-21)23(29)26-22-13-17-12-20(15(22)2)24(17,3)4;1-4-5-7-15-22-21(18-11-10-14-20(25)16-18)17-28(27-22)23(29)26-24(2,3)19-12-8-6-9-13-19/h8-11,15,17,19-20,22H,5-7,12-14H2,1-4H3,(H,26,29);6,8-14,16,21H,4-5,7,15,17H2,1-3H3,(H,26,29)/t15-,17+,19?,20-,22-;/m1./s1. The summed E-state index contributed by atoms with van der Waals surface area (Å²) < 4.78 is 13.8. The largest absolute Gasteiger partial charge is 0.338 e. The average molecular weight is 812 g/mol. The zero-order chi connectivity index (χ0) is 41.6. The van der Waals surface area contributed by atoms with E-state index in [9.17, 15) is 14.0 Å². The lowest BCUT2D eigenvalue weighted by Gasteiger charge is -2.62. The number of nitrogens with one attached hydrogen (secondary N) is 2. The Balaban J connectivity index is 0.000000196. The minimum Gasteiger partial charge on any atom is -0.333 e. The molecular formula is C48H64ClFN6O2. The molecule has 4 amide bonds. The maximum absolute atomic E-state index is 13.8. The quantitative estimate of drug-likeness (QED) is 0.178. The van der Waals surface area contributed by atoms with Crippen molar-refractivity contribution < 1.29 is 14.0 Å². The number of carbonyl (C=O) groups excluding carboxylic acids is 2. The molecule has 2 heterocycles. The maximum Gasteiger partial charge on any atom is 0.338 e. The SMILES string of the molecule is CCCCC1=NN(C(=O)N[C@@H]2C[C@@H]3C[C@H]([C@H]2C)C3(C)C)CC1c1ccc(Cl)cc1.CCCCCC1=NN(C(=O)NC(C)(C)c2ccccc2)CC1c1cccc(F)c1. The lowest BCUT2D eigenvalue weighted by atomic mass is 9.45. The van der Waals surface area contributed by atoms with Crippen LogP contribution in [0.3, 0.4) is 0 Å². The Labute approximate surface area is 351 Å². The second-order valence-corrected chi connectivity index (χ2v) is 18.5. The molecule has 8 rings (SSSR count). The first-order valence-corrected chi connectivity index (χ1v) is 22.0. The molecule has 2 N–H and O–H groups in total. The van der Waals surface area contributed by atoms with E-state index in [1.165, 1.54) is 23.1 Å². The Morgan fingerprint density at radius 1 is 0.810 bits per heavy atom. The minimum absolute atomic E-state index is 0.0357. The Morgan fingerprint density at radius 3 is 2.03 bits per heavy atom. The van der Waals surface area contributed by atoms with Crippen LogP contribution in [0.25, 0.3) is 0 Å². The Hall–Kier alpha value is -4.24. The summed E-state index contributed by atoms with van der Waals surface area (Å²) in [6.45, 7) is 16.4. The summed E-state index contributed by atoms with van der Waals surface area (Å²) in [6.07, 6.45) is 9.64. The number of hydrogen-bond acceptors (Lipinski definition) is 4. The van der Waals surface area contributed by atoms with E-state index in [0.29, 0.717) is 24.4 Å². The Kier molecular flexibility index (Phi) is 14.0. The molecule has 0 radical (unpaired) electrons. The van der Waals surface area contributed by atoms with Crippen LogP contribution in [0.15, 0.2) is 89.1 Å². The molecule has 58 heavy (non-hydrogen) atoms. The molecular weight excluding hydrogens is 747 g/mol. The highest BCUT2D eigenvalue weighted by molar-refractivity contribution is 6.30. The van der Waals surface area contributed by atoms with Crippen molar-refractivity contribution in [2.45, 2.75) is 130 Å². The lowest BCUT2D eigenvalue weighted by Crippen LogP contribution is -2.61. The van der Waals surface area contributed by atoms with Gasteiger partial charge in [-0.1, -0.05) is 120 Å². The van der Waals surface area contributed by atoms with Crippen molar-refractivity contribution in [3.8, 4) is 0 Å². The van der Waals surface area contributed by atoms with Crippen LogP contribution in [-0.2, 0) is 5.54 Å². The summed E-state index contributed by atoms with van der Waals surface area (Å²) in [4.78, 5) is 26.1. The van der Waals surface area contributed by atoms with Crippen LogP contribution < -0.4 is 10.6 Å². The van der Waals surface area contributed by atoms with Crippen LogP contribution in [-0.4, -0.2) is 52.6 Å². The highest BCUT2D eigenvalue weighted by atomic mass is 35.5. The van der Waals surface area contributed by atoms with Gasteiger partial charge in [-0.15, -0.1) is 0 Å². The van der Waals surface area contributed by atoms with Gasteiger partial charge in [-0.2, -0.15) is 10.2 Å². The maximum atomic E-state index is 13.8. The molecule has 8 nitrogen and oxygen atoms in total. The third kappa shape index (κ3) is 9.95. The van der Waals surface area contributed by atoms with Crippen LogP contribution in [0, 0.1) is 29.0 Å². The third-order valence-corrected chi connectivity index (χ3v) is 13.7. The van der Waals surface area contributed by atoms with Crippen molar-refractivity contribution in [3.05, 3.63) is 106 Å². The molecule has 3 fully saturated rings. The number of hydrazone groups is 2. The van der Waals surface area contributed by atoms with Crippen LogP contribution in [0.1, 0.15) is 135 Å². The van der Waals surface area contributed by atoms with Crippen molar-refractivity contribution in [3.63, 3.8) is 0 Å². The number of urea groups is 2. The van der Waals surface area contributed by atoms with Gasteiger partial charge in [-0.3, -0.25) is 0 Å². The van der Waals surface area contributed by atoms with Gasteiger partial charge >= 0.3 is 12.1 Å². The van der Waals surface area contributed by atoms with E-state index in [1.54, 1.807) is 17.1 Å². The number of carbonyl (C=O) groups is 2. The van der Waals surface area contributed by atoms with Crippen molar-refractivity contribution in [2.24, 2.45) is 33.4 Å². The van der Waals surface area contributed by atoms with E-state index in [0.717, 1.165) is 90.8 Å². The van der Waals surface area contributed by atoms with Gasteiger partial charge in [0.15, 0.2) is 0 Å². The molecule has 6 atom stereocenters. The van der Waals surface area contributed by atoms with E-state index >= 15 is 0 Å². The summed E-state index contributed by atoms with van der Waals surface area (Å²) in [7, 11) is 0. The molecule has 2 unspecified atom stereocenters. The normalized spacial score (nSPS) is 24.6. The van der Waals surface area contributed by atoms with E-state index in [2.05, 4.69) is 62.5 Å². The molecule has 0 saturated heterocycles. The number of fused-ring (bicyclic) bond motifs is 2. The molecule has 2 aliphatic heterocycles. The molecule has 3 aromatic carbocycles. The fourth-order valence-electron chi connectivity index (χ4n) is 9.55. The molecule has 0 spiro atoms. The first kappa shape index (κ1) is 43.3. The van der Waals surface area contributed by atoms with Crippen molar-refractivity contribution in [2.75, 3.05) is 13.1 Å². The van der Waals surface area contributed by atoms with Gasteiger partial charge in [-0.25, -0.2) is 24.0 Å². The number of halogens is 2. The number of hydrogen-bond donors (Lipinski definition) is 2. The second-order valence-electron chi connectivity index (χ2n) is 18.1. The topological polar surface area (TPSA) is 89.4 Å². The predicted octanol–water partition coefficient (Wildman–Crippen LogP) is 11.9. The summed E-state index contributed by atoms with van der Waals surface area (Å²) in [5.74, 6) is 1.82. The first-order valence-electron chi connectivity index (χ1n) is 21.6. The summed E-state index contributed by atoms with van der Waals surface area (Å²) in [6, 6.07) is 24.5. The molecule has 312 valence electrons. The van der Waals surface area contributed by atoms with Crippen molar-refractivity contribution in [1.82, 2.24) is 20.7 Å².